The Morgan fingerprint density at radius 2 is 2.16 bits per heavy atom. The van der Waals surface area contributed by atoms with E-state index >= 15 is 4.39 Å². The van der Waals surface area contributed by atoms with Crippen LogP contribution in [0.25, 0.3) is 11.2 Å². The number of hydrogen-bond donors (Lipinski definition) is 4. The maximum atomic E-state index is 15.8. The molecule has 5 rings (SSSR count). The molecule has 3 aromatic rings. The van der Waals surface area contributed by atoms with Crippen LogP contribution < -0.4 is 21.1 Å². The molecule has 1 fully saturated rings. The van der Waals surface area contributed by atoms with Crippen molar-refractivity contribution in [2.45, 2.75) is 58.0 Å². The van der Waals surface area contributed by atoms with Gasteiger partial charge >= 0.3 is 13.7 Å². The van der Waals surface area contributed by atoms with Gasteiger partial charge in [0.05, 0.1) is 18.6 Å². The minimum absolute atomic E-state index is 0.00457. The summed E-state index contributed by atoms with van der Waals surface area (Å²) < 4.78 is 52.4. The van der Waals surface area contributed by atoms with E-state index in [0.29, 0.717) is 16.8 Å². The van der Waals surface area contributed by atoms with Crippen LogP contribution in [-0.4, -0.2) is 60.1 Å². The summed E-state index contributed by atoms with van der Waals surface area (Å²) in [7, 11) is -3.97. The summed E-state index contributed by atoms with van der Waals surface area (Å²) in [5.74, 6) is -0.382. The summed E-state index contributed by atoms with van der Waals surface area (Å²) in [4.78, 5) is 27.4. The van der Waals surface area contributed by atoms with Gasteiger partial charge in [0.15, 0.2) is 29.1 Å². The monoisotopic (exact) mass is 552 g/mol. The molecule has 2 aliphatic heterocycles. The van der Waals surface area contributed by atoms with Crippen LogP contribution >= 0.6 is 7.75 Å². The third kappa shape index (κ3) is 4.54. The van der Waals surface area contributed by atoms with Crippen LogP contribution in [0, 0.1) is 6.92 Å². The Labute approximate surface area is 215 Å². The fraction of sp³-hybridized carbons (Fsp3) is 0.476. The molecule has 2 aliphatic rings. The zero-order valence-electron chi connectivity index (χ0n) is 20.6. The molecule has 0 aromatic carbocycles. The standard InChI is InChI=1S/C21H26FN8O7P/c1-9-15-12(11(4-25-9)6-34-10(2)31)5-27-38(33,37-15)35-7-13-16(32)21(3,22)19(36-13)30-8-26-14-17(23)28-20(24)29-18(14)30/h4,8,13,16,19,32H,5-7H2,1-3H3,(H,27,33)(H4,23,24,28,29)/t13-,16+,19-,21+,38?/m1/s1. The van der Waals surface area contributed by atoms with E-state index in [1.54, 1.807) is 6.92 Å². The van der Waals surface area contributed by atoms with Crippen LogP contribution in [0.15, 0.2) is 12.5 Å². The lowest BCUT2D eigenvalue weighted by molar-refractivity contribution is -0.142. The molecule has 6 N–H and O–H groups in total. The van der Waals surface area contributed by atoms with Gasteiger partial charge in [-0.1, -0.05) is 0 Å². The van der Waals surface area contributed by atoms with E-state index in [4.69, 9.17) is 30.0 Å². The first-order chi connectivity index (χ1) is 17.9. The normalized spacial score (nSPS) is 28.7. The summed E-state index contributed by atoms with van der Waals surface area (Å²) in [6, 6.07) is 0. The number of nitrogens with zero attached hydrogens (tertiary/aromatic N) is 5. The van der Waals surface area contributed by atoms with E-state index in [1.165, 1.54) is 24.0 Å². The maximum Gasteiger partial charge on any atom is 0.459 e. The highest BCUT2D eigenvalue weighted by molar-refractivity contribution is 7.52. The van der Waals surface area contributed by atoms with Crippen molar-refractivity contribution < 1.29 is 37.4 Å². The van der Waals surface area contributed by atoms with Crippen molar-refractivity contribution in [1.29, 1.82) is 0 Å². The highest BCUT2D eigenvalue weighted by Gasteiger charge is 2.56. The van der Waals surface area contributed by atoms with Crippen LogP contribution in [0.2, 0.25) is 0 Å². The number of nitrogens with one attached hydrogen (secondary N) is 1. The van der Waals surface area contributed by atoms with Gasteiger partial charge in [-0.05, 0) is 13.8 Å². The van der Waals surface area contributed by atoms with Crippen molar-refractivity contribution in [3.8, 4) is 5.75 Å². The smallest absolute Gasteiger partial charge is 0.459 e. The lowest BCUT2D eigenvalue weighted by Gasteiger charge is -2.29. The van der Waals surface area contributed by atoms with Crippen molar-refractivity contribution in [3.05, 3.63) is 29.3 Å². The molecule has 5 heterocycles. The number of aryl methyl sites for hydroxylation is 1. The number of halogens is 1. The molecule has 0 amide bonds. The van der Waals surface area contributed by atoms with Gasteiger partial charge in [-0.2, -0.15) is 9.97 Å². The predicted octanol–water partition coefficient (Wildman–Crippen LogP) is 1.05. The molecule has 0 bridgehead atoms. The average molecular weight is 552 g/mol. The molecule has 1 saturated heterocycles. The van der Waals surface area contributed by atoms with E-state index < -0.39 is 44.4 Å². The summed E-state index contributed by atoms with van der Waals surface area (Å²) in [6.07, 6.45) is -1.51. The fourth-order valence-corrected chi connectivity index (χ4v) is 5.73. The highest BCUT2D eigenvalue weighted by Crippen LogP contribution is 2.51. The molecule has 15 nitrogen and oxygen atoms in total. The Morgan fingerprint density at radius 1 is 1.39 bits per heavy atom. The summed E-state index contributed by atoms with van der Waals surface area (Å²) in [5.41, 5.74) is 11.1. The number of aliphatic hydroxyl groups is 1. The quantitative estimate of drug-likeness (QED) is 0.249. The fourth-order valence-electron chi connectivity index (χ4n) is 4.34. The van der Waals surface area contributed by atoms with Crippen molar-refractivity contribution >= 4 is 36.6 Å². The number of carbonyl (C=O) groups excluding carboxylic acids is 1. The Bertz CT molecular complexity index is 1470. The van der Waals surface area contributed by atoms with Crippen molar-refractivity contribution in [2.75, 3.05) is 18.1 Å². The second-order valence-electron chi connectivity index (χ2n) is 9.09. The molecule has 204 valence electrons. The van der Waals surface area contributed by atoms with E-state index in [0.717, 1.165) is 6.92 Å². The van der Waals surface area contributed by atoms with Gasteiger partial charge in [-0.3, -0.25) is 18.9 Å². The topological polar surface area (TPSA) is 212 Å². The third-order valence-electron chi connectivity index (χ3n) is 6.34. The molecule has 5 atom stereocenters. The SMILES string of the molecule is CC(=O)OCc1cnc(C)c2c1CNP(=O)(OC[C@H]1O[C@@H](n3cnc4c(N)nc(N)nc43)[C@@](C)(F)[C@H]1O)O2. The molecule has 3 aromatic heterocycles. The number of nitrogen functional groups attached to an aromatic ring is 2. The molecule has 0 saturated carbocycles. The molecule has 38 heavy (non-hydrogen) atoms. The number of fused-ring (bicyclic) bond motifs is 2. The van der Waals surface area contributed by atoms with Gasteiger partial charge in [-0.15, -0.1) is 0 Å². The summed E-state index contributed by atoms with van der Waals surface area (Å²) in [6.45, 7) is 3.63. The lowest BCUT2D eigenvalue weighted by atomic mass is 9.98. The van der Waals surface area contributed by atoms with Crippen LogP contribution in [0.1, 0.15) is 36.9 Å². The molecule has 0 spiro atoms. The Balaban J connectivity index is 1.33. The summed E-state index contributed by atoms with van der Waals surface area (Å²) >= 11 is 0. The lowest BCUT2D eigenvalue weighted by Crippen LogP contribution is -2.41. The number of imidazole rings is 1. The van der Waals surface area contributed by atoms with Gasteiger partial charge < -0.3 is 30.6 Å². The Kier molecular flexibility index (Phi) is 6.47. The first-order valence-electron chi connectivity index (χ1n) is 11.5. The number of aliphatic hydroxyl groups excluding tert-OH is 1. The van der Waals surface area contributed by atoms with Gasteiger partial charge in [0.25, 0.3) is 0 Å². The molecular formula is C21H26FN8O7P. The number of anilines is 2. The van der Waals surface area contributed by atoms with Gasteiger partial charge in [0, 0.05) is 30.8 Å². The van der Waals surface area contributed by atoms with Gasteiger partial charge in [-0.25, -0.2) is 19.0 Å². The largest absolute Gasteiger partial charge is 0.461 e. The molecule has 17 heteroatoms. The second-order valence-corrected chi connectivity index (χ2v) is 10.8. The van der Waals surface area contributed by atoms with Crippen LogP contribution in [0.4, 0.5) is 16.2 Å². The number of alkyl halides is 1. The Morgan fingerprint density at radius 3 is 2.89 bits per heavy atom. The number of rotatable bonds is 6. The van der Waals surface area contributed by atoms with Crippen LogP contribution in [-0.2, 0) is 36.5 Å². The number of nitrogens with two attached hydrogens (primary N) is 2. The Hall–Kier alpha value is -3.43. The molecule has 0 aliphatic carbocycles. The van der Waals surface area contributed by atoms with Crippen LogP contribution in [0.5, 0.6) is 5.75 Å². The third-order valence-corrected chi connectivity index (χ3v) is 7.80. The van der Waals surface area contributed by atoms with Crippen LogP contribution in [0.3, 0.4) is 0 Å². The number of aromatic nitrogens is 5. The minimum atomic E-state index is -3.97. The first-order valence-corrected chi connectivity index (χ1v) is 13.0. The maximum absolute atomic E-state index is 15.8. The van der Waals surface area contributed by atoms with E-state index in [9.17, 15) is 14.5 Å². The predicted molar refractivity (Wildman–Crippen MR) is 129 cm³/mol. The van der Waals surface area contributed by atoms with E-state index in [1.807, 2.05) is 0 Å². The molecule has 0 radical (unpaired) electrons. The van der Waals surface area contributed by atoms with E-state index in [-0.39, 0.29) is 41.8 Å². The second kappa shape index (κ2) is 9.39. The van der Waals surface area contributed by atoms with Crippen molar-refractivity contribution in [3.63, 3.8) is 0 Å². The van der Waals surface area contributed by atoms with Crippen molar-refractivity contribution in [2.24, 2.45) is 0 Å². The van der Waals surface area contributed by atoms with Crippen molar-refractivity contribution in [1.82, 2.24) is 29.6 Å². The highest BCUT2D eigenvalue weighted by atomic mass is 31.2. The molecular weight excluding hydrogens is 526 g/mol. The van der Waals surface area contributed by atoms with Gasteiger partial charge in [0.1, 0.15) is 24.3 Å². The number of ether oxygens (including phenoxy) is 2. The first kappa shape index (κ1) is 26.2. The van der Waals surface area contributed by atoms with E-state index in [2.05, 4.69) is 25.0 Å². The minimum Gasteiger partial charge on any atom is -0.461 e. The number of pyridine rings is 1. The zero-order chi connectivity index (χ0) is 27.4. The molecule has 1 unspecified atom stereocenters. The number of carbonyl (C=O) groups is 1. The summed E-state index contributed by atoms with van der Waals surface area (Å²) in [5, 5.41) is 13.4. The zero-order valence-corrected chi connectivity index (χ0v) is 21.5. The number of esters is 1. The average Bonchev–Trinajstić information content (AvgIpc) is 3.36. The number of hydrogen-bond acceptors (Lipinski definition) is 13. The van der Waals surface area contributed by atoms with Gasteiger partial charge in [0.2, 0.25) is 5.95 Å².